The number of unbranched alkanes of at least 4 members (excludes halogenated alkanes) is 1. The minimum atomic E-state index is -0.695. The summed E-state index contributed by atoms with van der Waals surface area (Å²) in [6.45, 7) is 4.22. The summed E-state index contributed by atoms with van der Waals surface area (Å²) in [7, 11) is 1.57. The largest absolute Gasteiger partial charge is 0.497 e. The molecule has 0 aliphatic rings. The molecule has 0 saturated heterocycles. The predicted octanol–water partition coefficient (Wildman–Crippen LogP) is 3.55. The molecule has 0 unspecified atom stereocenters. The zero-order chi connectivity index (χ0) is 21.9. The number of carbonyl (C=O) groups excluding carboxylic acids is 2. The molecule has 0 radical (unpaired) electrons. The van der Waals surface area contributed by atoms with Crippen LogP contribution in [0.2, 0.25) is 0 Å². The Balaban J connectivity index is 2.08. The zero-order valence-corrected chi connectivity index (χ0v) is 17.7. The molecule has 0 aliphatic carbocycles. The maximum atomic E-state index is 13.2. The van der Waals surface area contributed by atoms with Crippen molar-refractivity contribution < 1.29 is 23.5 Å². The fourth-order valence-electron chi connectivity index (χ4n) is 2.81. The molecular weight excluding hydrogens is 387 g/mol. The fourth-order valence-corrected chi connectivity index (χ4v) is 2.81. The molecule has 6 nitrogen and oxygen atoms in total. The summed E-state index contributed by atoms with van der Waals surface area (Å²) in [6.07, 6.45) is 1.83. The number of hydrogen-bond acceptors (Lipinski definition) is 4. The molecule has 0 saturated carbocycles. The van der Waals surface area contributed by atoms with Crippen LogP contribution in [0, 0.1) is 5.82 Å². The van der Waals surface area contributed by atoms with Gasteiger partial charge in [-0.25, -0.2) is 4.39 Å². The summed E-state index contributed by atoms with van der Waals surface area (Å²) in [5.74, 6) is 0.274. The topological polar surface area (TPSA) is 67.9 Å². The number of benzene rings is 2. The maximum absolute atomic E-state index is 13.2. The molecule has 0 aliphatic heterocycles. The van der Waals surface area contributed by atoms with Crippen molar-refractivity contribution in [3.8, 4) is 11.5 Å². The number of halogens is 1. The lowest BCUT2D eigenvalue weighted by Crippen LogP contribution is -2.49. The van der Waals surface area contributed by atoms with E-state index < -0.39 is 6.04 Å². The van der Waals surface area contributed by atoms with Crippen LogP contribution in [0.4, 0.5) is 4.39 Å². The molecule has 0 heterocycles. The van der Waals surface area contributed by atoms with Crippen molar-refractivity contribution in [2.75, 3.05) is 20.3 Å². The highest BCUT2D eigenvalue weighted by atomic mass is 19.1. The van der Waals surface area contributed by atoms with E-state index in [1.54, 1.807) is 50.4 Å². The number of amides is 2. The summed E-state index contributed by atoms with van der Waals surface area (Å²) in [5, 5.41) is 2.85. The van der Waals surface area contributed by atoms with Gasteiger partial charge in [-0.2, -0.15) is 0 Å². The quantitative estimate of drug-likeness (QED) is 0.569. The van der Waals surface area contributed by atoms with Crippen LogP contribution in [0.25, 0.3) is 0 Å². The Hall–Kier alpha value is -3.09. The number of rotatable bonds is 11. The molecule has 2 aromatic carbocycles. The summed E-state index contributed by atoms with van der Waals surface area (Å²) in [6, 6.07) is 12.0. The smallest absolute Gasteiger partial charge is 0.261 e. The molecule has 2 aromatic rings. The van der Waals surface area contributed by atoms with Crippen LogP contribution in [0.1, 0.15) is 32.3 Å². The van der Waals surface area contributed by atoms with Gasteiger partial charge in [0, 0.05) is 13.1 Å². The highest BCUT2D eigenvalue weighted by Gasteiger charge is 2.26. The lowest BCUT2D eigenvalue weighted by atomic mass is 10.1. The van der Waals surface area contributed by atoms with Crippen LogP contribution in [0.15, 0.2) is 48.5 Å². The summed E-state index contributed by atoms with van der Waals surface area (Å²) in [4.78, 5) is 26.9. The van der Waals surface area contributed by atoms with E-state index in [-0.39, 0.29) is 30.8 Å². The van der Waals surface area contributed by atoms with Gasteiger partial charge >= 0.3 is 0 Å². The second kappa shape index (κ2) is 11.8. The van der Waals surface area contributed by atoms with E-state index in [2.05, 4.69) is 5.32 Å². The molecule has 0 aromatic heterocycles. The van der Waals surface area contributed by atoms with E-state index >= 15 is 0 Å². The molecule has 30 heavy (non-hydrogen) atoms. The van der Waals surface area contributed by atoms with Gasteiger partial charge in [-0.3, -0.25) is 9.59 Å². The van der Waals surface area contributed by atoms with Gasteiger partial charge in [0.15, 0.2) is 6.61 Å². The minimum Gasteiger partial charge on any atom is -0.497 e. The third kappa shape index (κ3) is 7.06. The second-order valence-corrected chi connectivity index (χ2v) is 6.93. The van der Waals surface area contributed by atoms with Gasteiger partial charge in [-0.05, 0) is 55.3 Å². The van der Waals surface area contributed by atoms with Crippen molar-refractivity contribution in [3.05, 3.63) is 59.9 Å². The molecule has 1 N–H and O–H groups in total. The monoisotopic (exact) mass is 416 g/mol. The fraction of sp³-hybridized carbons (Fsp3) is 0.391. The second-order valence-electron chi connectivity index (χ2n) is 6.93. The van der Waals surface area contributed by atoms with Gasteiger partial charge in [0.05, 0.1) is 7.11 Å². The van der Waals surface area contributed by atoms with Crippen LogP contribution in [-0.2, 0) is 16.1 Å². The molecule has 1 atom stereocenters. The number of ether oxygens (including phenoxy) is 2. The highest BCUT2D eigenvalue weighted by Crippen LogP contribution is 2.17. The average molecular weight is 416 g/mol. The molecule has 0 spiro atoms. The first-order valence-electron chi connectivity index (χ1n) is 10.0. The third-order valence-electron chi connectivity index (χ3n) is 4.68. The van der Waals surface area contributed by atoms with Crippen molar-refractivity contribution in [2.24, 2.45) is 0 Å². The van der Waals surface area contributed by atoms with Gasteiger partial charge < -0.3 is 19.7 Å². The minimum absolute atomic E-state index is 0.174. The molecular formula is C23H29FN2O4. The Labute approximate surface area is 177 Å². The van der Waals surface area contributed by atoms with Crippen molar-refractivity contribution >= 4 is 11.8 Å². The van der Waals surface area contributed by atoms with Crippen LogP contribution >= 0.6 is 0 Å². The van der Waals surface area contributed by atoms with E-state index in [4.69, 9.17) is 9.47 Å². The van der Waals surface area contributed by atoms with Gasteiger partial charge in [-0.1, -0.05) is 25.5 Å². The number of carbonyl (C=O) groups is 2. The summed E-state index contributed by atoms with van der Waals surface area (Å²) in [5.41, 5.74) is 0.724. The summed E-state index contributed by atoms with van der Waals surface area (Å²) >= 11 is 0. The van der Waals surface area contributed by atoms with Crippen molar-refractivity contribution in [1.82, 2.24) is 10.2 Å². The molecule has 0 fully saturated rings. The summed E-state index contributed by atoms with van der Waals surface area (Å²) < 4.78 is 23.9. The molecule has 0 bridgehead atoms. The number of methoxy groups -OCH3 is 1. The Morgan fingerprint density at radius 3 is 2.30 bits per heavy atom. The molecule has 2 amide bonds. The first-order valence-corrected chi connectivity index (χ1v) is 10.0. The number of nitrogens with one attached hydrogen (secondary N) is 1. The lowest BCUT2D eigenvalue weighted by molar-refractivity contribution is -0.142. The number of hydrogen-bond donors (Lipinski definition) is 1. The molecule has 7 heteroatoms. The van der Waals surface area contributed by atoms with Gasteiger partial charge in [0.25, 0.3) is 5.91 Å². The predicted molar refractivity (Wildman–Crippen MR) is 113 cm³/mol. The van der Waals surface area contributed by atoms with Gasteiger partial charge in [0.1, 0.15) is 23.4 Å². The third-order valence-corrected chi connectivity index (χ3v) is 4.68. The Bertz CT molecular complexity index is 809. The van der Waals surface area contributed by atoms with E-state index in [0.717, 1.165) is 18.4 Å². The number of nitrogens with zero attached hydrogens (tertiary/aromatic N) is 1. The maximum Gasteiger partial charge on any atom is 0.261 e. The van der Waals surface area contributed by atoms with Gasteiger partial charge in [-0.15, -0.1) is 0 Å². The van der Waals surface area contributed by atoms with Crippen LogP contribution in [0.3, 0.4) is 0 Å². The van der Waals surface area contributed by atoms with E-state index in [0.29, 0.717) is 18.0 Å². The zero-order valence-electron chi connectivity index (χ0n) is 17.7. The Morgan fingerprint density at radius 2 is 1.70 bits per heavy atom. The Morgan fingerprint density at radius 1 is 1.07 bits per heavy atom. The van der Waals surface area contributed by atoms with Crippen LogP contribution in [0.5, 0.6) is 11.5 Å². The highest BCUT2D eigenvalue weighted by molar-refractivity contribution is 5.87. The van der Waals surface area contributed by atoms with Crippen LogP contribution in [-0.4, -0.2) is 43.0 Å². The normalized spacial score (nSPS) is 11.5. The van der Waals surface area contributed by atoms with Crippen molar-refractivity contribution in [3.63, 3.8) is 0 Å². The van der Waals surface area contributed by atoms with Crippen molar-refractivity contribution in [2.45, 2.75) is 39.3 Å². The van der Waals surface area contributed by atoms with E-state index in [1.165, 1.54) is 17.0 Å². The van der Waals surface area contributed by atoms with E-state index in [1.807, 2.05) is 6.92 Å². The average Bonchev–Trinajstić information content (AvgIpc) is 2.77. The molecule has 162 valence electrons. The van der Waals surface area contributed by atoms with Gasteiger partial charge in [0.2, 0.25) is 5.91 Å². The first kappa shape index (κ1) is 23.2. The van der Waals surface area contributed by atoms with Crippen LogP contribution < -0.4 is 14.8 Å². The first-order chi connectivity index (χ1) is 14.4. The Kier molecular flexibility index (Phi) is 9.12. The van der Waals surface area contributed by atoms with Crippen molar-refractivity contribution in [1.29, 1.82) is 0 Å². The SMILES string of the molecule is CCCCNC(=O)[C@H](C)N(Cc1ccc(F)cc1)C(=O)COc1ccc(OC)cc1. The van der Waals surface area contributed by atoms with E-state index in [9.17, 15) is 14.0 Å². The standard InChI is InChI=1S/C23H29FN2O4/c1-4-5-14-25-23(28)17(2)26(15-18-6-8-19(24)9-7-18)22(27)16-30-21-12-10-20(29-3)11-13-21/h6-13,17H,4-5,14-16H2,1-3H3,(H,25,28)/t17-/m0/s1. The lowest BCUT2D eigenvalue weighted by Gasteiger charge is -2.28. The molecule has 2 rings (SSSR count).